The van der Waals surface area contributed by atoms with Gasteiger partial charge >= 0.3 is 0 Å². The molecule has 0 saturated carbocycles. The zero-order valence-electron chi connectivity index (χ0n) is 15.0. The number of hydrogen-bond donors (Lipinski definition) is 0. The second kappa shape index (κ2) is 9.30. The summed E-state index contributed by atoms with van der Waals surface area (Å²) in [5, 5.41) is 1.03. The second-order valence-corrected chi connectivity index (χ2v) is 7.44. The molecule has 0 aliphatic carbocycles. The van der Waals surface area contributed by atoms with E-state index in [0.29, 0.717) is 13.0 Å². The summed E-state index contributed by atoms with van der Waals surface area (Å²) in [6.07, 6.45) is 4.63. The van der Waals surface area contributed by atoms with E-state index in [1.807, 2.05) is 30.3 Å². The van der Waals surface area contributed by atoms with E-state index in [1.165, 1.54) is 10.4 Å². The first kappa shape index (κ1) is 18.3. The summed E-state index contributed by atoms with van der Waals surface area (Å²) in [5.74, 6) is 0.857. The van der Waals surface area contributed by atoms with Gasteiger partial charge in [-0.15, -0.1) is 11.3 Å². The maximum Gasteiger partial charge on any atom is 0.131 e. The van der Waals surface area contributed by atoms with Crippen LogP contribution >= 0.6 is 11.3 Å². The van der Waals surface area contributed by atoms with Gasteiger partial charge in [0.2, 0.25) is 0 Å². The molecule has 1 heterocycles. The van der Waals surface area contributed by atoms with Gasteiger partial charge in [-0.3, -0.25) is 0 Å². The van der Waals surface area contributed by atoms with Gasteiger partial charge in [-0.25, -0.2) is 4.98 Å². The van der Waals surface area contributed by atoms with Gasteiger partial charge in [-0.05, 0) is 43.9 Å². The van der Waals surface area contributed by atoms with Crippen LogP contribution in [0.2, 0.25) is 0 Å². The number of rotatable bonds is 9. The summed E-state index contributed by atoms with van der Waals surface area (Å²) >= 11 is 1.70. The SMILES string of the molecule is Cc1sc(-c2ccccc2)nc1COc1ccc(CCCCC=O)cc1. The van der Waals surface area contributed by atoms with E-state index < -0.39 is 0 Å². The van der Waals surface area contributed by atoms with Crippen molar-refractivity contribution in [3.63, 3.8) is 0 Å². The molecule has 0 amide bonds. The van der Waals surface area contributed by atoms with E-state index in [4.69, 9.17) is 9.72 Å². The van der Waals surface area contributed by atoms with Gasteiger partial charge in [0.05, 0.1) is 5.69 Å². The van der Waals surface area contributed by atoms with Crippen LogP contribution in [0, 0.1) is 6.92 Å². The Hall–Kier alpha value is -2.46. The van der Waals surface area contributed by atoms with Gasteiger partial charge in [0, 0.05) is 16.9 Å². The molecule has 3 rings (SSSR count). The van der Waals surface area contributed by atoms with E-state index in [1.54, 1.807) is 11.3 Å². The van der Waals surface area contributed by atoms with Crippen molar-refractivity contribution in [3.8, 4) is 16.3 Å². The summed E-state index contributed by atoms with van der Waals surface area (Å²) in [6, 6.07) is 18.4. The molecule has 3 aromatic rings. The van der Waals surface area contributed by atoms with E-state index in [2.05, 4.69) is 31.2 Å². The molecule has 0 N–H and O–H groups in total. The summed E-state index contributed by atoms with van der Waals surface area (Å²) in [5.41, 5.74) is 3.41. The van der Waals surface area contributed by atoms with Crippen molar-refractivity contribution in [1.82, 2.24) is 4.98 Å². The van der Waals surface area contributed by atoms with Gasteiger partial charge in [-0.2, -0.15) is 0 Å². The third kappa shape index (κ3) is 5.02. The number of carbonyl (C=O) groups is 1. The molecule has 1 aromatic heterocycles. The highest BCUT2D eigenvalue weighted by molar-refractivity contribution is 7.15. The van der Waals surface area contributed by atoms with Crippen molar-refractivity contribution in [3.05, 3.63) is 70.7 Å². The lowest BCUT2D eigenvalue weighted by Gasteiger charge is -2.06. The standard InChI is InChI=1S/C22H23NO2S/c1-17-21(23-22(26-17)19-9-5-2-6-10-19)16-25-20-13-11-18(12-14-20)8-4-3-7-15-24/h2,5-6,9-15H,3-4,7-8,16H2,1H3. The van der Waals surface area contributed by atoms with Crippen molar-refractivity contribution in [2.75, 3.05) is 0 Å². The minimum Gasteiger partial charge on any atom is -0.487 e. The molecule has 134 valence electrons. The fraction of sp³-hybridized carbons (Fsp3) is 0.273. The maximum absolute atomic E-state index is 10.3. The normalized spacial score (nSPS) is 10.7. The van der Waals surface area contributed by atoms with Gasteiger partial charge < -0.3 is 9.53 Å². The minimum absolute atomic E-state index is 0.480. The quantitative estimate of drug-likeness (QED) is 0.365. The molecule has 0 radical (unpaired) electrons. The Morgan fingerprint density at radius 2 is 1.81 bits per heavy atom. The molecule has 0 aliphatic rings. The predicted molar refractivity (Wildman–Crippen MR) is 107 cm³/mol. The number of nitrogens with zero attached hydrogens (tertiary/aromatic N) is 1. The van der Waals surface area contributed by atoms with Gasteiger partial charge in [0.1, 0.15) is 23.7 Å². The van der Waals surface area contributed by atoms with Crippen LogP contribution in [-0.2, 0) is 17.8 Å². The lowest BCUT2D eigenvalue weighted by molar-refractivity contribution is -0.107. The van der Waals surface area contributed by atoms with Crippen molar-refractivity contribution >= 4 is 17.6 Å². The average molecular weight is 365 g/mol. The van der Waals surface area contributed by atoms with Gasteiger partial charge in [0.25, 0.3) is 0 Å². The summed E-state index contributed by atoms with van der Waals surface area (Å²) in [7, 11) is 0. The molecular weight excluding hydrogens is 342 g/mol. The molecule has 4 heteroatoms. The van der Waals surface area contributed by atoms with Crippen LogP contribution in [0.25, 0.3) is 10.6 Å². The fourth-order valence-corrected chi connectivity index (χ4v) is 3.65. The van der Waals surface area contributed by atoms with Crippen LogP contribution in [0.3, 0.4) is 0 Å². The Morgan fingerprint density at radius 3 is 2.54 bits per heavy atom. The topological polar surface area (TPSA) is 39.2 Å². The monoisotopic (exact) mass is 365 g/mol. The third-order valence-corrected chi connectivity index (χ3v) is 5.31. The van der Waals surface area contributed by atoms with Crippen molar-refractivity contribution in [1.29, 1.82) is 0 Å². The smallest absolute Gasteiger partial charge is 0.131 e. The summed E-state index contributed by atoms with van der Waals surface area (Å²) < 4.78 is 5.92. The highest BCUT2D eigenvalue weighted by Gasteiger charge is 2.10. The molecule has 26 heavy (non-hydrogen) atoms. The van der Waals surface area contributed by atoms with E-state index in [9.17, 15) is 4.79 Å². The van der Waals surface area contributed by atoms with Crippen LogP contribution in [0.4, 0.5) is 0 Å². The number of thiazole rings is 1. The first-order valence-electron chi connectivity index (χ1n) is 8.93. The first-order valence-corrected chi connectivity index (χ1v) is 9.75. The zero-order chi connectivity index (χ0) is 18.2. The number of ether oxygens (including phenoxy) is 1. The molecule has 3 nitrogen and oxygen atoms in total. The van der Waals surface area contributed by atoms with Crippen LogP contribution < -0.4 is 4.74 Å². The lowest BCUT2D eigenvalue weighted by Crippen LogP contribution is -1.97. The molecule has 0 spiro atoms. The molecule has 0 unspecified atom stereocenters. The second-order valence-electron chi connectivity index (χ2n) is 6.23. The number of carbonyl (C=O) groups excluding carboxylic acids is 1. The molecule has 0 saturated heterocycles. The predicted octanol–water partition coefficient (Wildman–Crippen LogP) is 5.61. The van der Waals surface area contributed by atoms with Crippen molar-refractivity contribution in [2.24, 2.45) is 0 Å². The average Bonchev–Trinajstić information content (AvgIpc) is 3.06. The maximum atomic E-state index is 10.3. The first-order chi connectivity index (χ1) is 12.8. The van der Waals surface area contributed by atoms with Crippen molar-refractivity contribution < 1.29 is 9.53 Å². The Kier molecular flexibility index (Phi) is 6.56. The van der Waals surface area contributed by atoms with E-state index in [-0.39, 0.29) is 0 Å². The van der Waals surface area contributed by atoms with E-state index >= 15 is 0 Å². The minimum atomic E-state index is 0.480. The number of aldehydes is 1. The number of benzene rings is 2. The zero-order valence-corrected chi connectivity index (χ0v) is 15.8. The van der Waals surface area contributed by atoms with Crippen LogP contribution in [0.1, 0.15) is 35.4 Å². The van der Waals surface area contributed by atoms with Gasteiger partial charge in [0.15, 0.2) is 0 Å². The largest absolute Gasteiger partial charge is 0.487 e. The van der Waals surface area contributed by atoms with Crippen molar-refractivity contribution in [2.45, 2.75) is 39.2 Å². The Balaban J connectivity index is 1.56. The van der Waals surface area contributed by atoms with Crippen LogP contribution in [-0.4, -0.2) is 11.3 Å². The molecule has 0 fully saturated rings. The highest BCUT2D eigenvalue weighted by Crippen LogP contribution is 2.28. The Morgan fingerprint density at radius 1 is 1.04 bits per heavy atom. The number of aromatic nitrogens is 1. The molecule has 2 aromatic carbocycles. The number of hydrogen-bond acceptors (Lipinski definition) is 4. The fourth-order valence-electron chi connectivity index (χ4n) is 2.73. The van der Waals surface area contributed by atoms with Gasteiger partial charge in [-0.1, -0.05) is 42.5 Å². The van der Waals surface area contributed by atoms with E-state index in [0.717, 1.165) is 47.6 Å². The molecule has 0 bridgehead atoms. The Bertz CT molecular complexity index is 825. The summed E-state index contributed by atoms with van der Waals surface area (Å²) in [6.45, 7) is 2.57. The Labute approximate surface area is 158 Å². The van der Waals surface area contributed by atoms with Crippen LogP contribution in [0.5, 0.6) is 5.75 Å². The molecule has 0 aliphatic heterocycles. The number of aryl methyl sites for hydroxylation is 2. The molecule has 0 atom stereocenters. The third-order valence-electron chi connectivity index (χ3n) is 4.25. The summed E-state index contributed by atoms with van der Waals surface area (Å²) in [4.78, 5) is 16.3. The number of unbranched alkanes of at least 4 members (excludes halogenated alkanes) is 2. The van der Waals surface area contributed by atoms with Crippen LogP contribution in [0.15, 0.2) is 54.6 Å². The molecular formula is C22H23NO2S. The lowest BCUT2D eigenvalue weighted by atomic mass is 10.1. The highest BCUT2D eigenvalue weighted by atomic mass is 32.1.